The van der Waals surface area contributed by atoms with E-state index in [9.17, 15) is 10.2 Å². The van der Waals surface area contributed by atoms with E-state index in [1.807, 2.05) is 83.5 Å². The molecule has 4 nitrogen and oxygen atoms in total. The Morgan fingerprint density at radius 2 is 1.29 bits per heavy atom. The zero-order valence-electron chi connectivity index (χ0n) is 19.1. The average Bonchev–Trinajstić information content (AvgIpc) is 2.88. The Bertz CT molecular complexity index is 1250. The van der Waals surface area contributed by atoms with Crippen LogP contribution in [0.3, 0.4) is 0 Å². The maximum absolute atomic E-state index is 9.28. The lowest BCUT2D eigenvalue weighted by molar-refractivity contribution is -0.530. The van der Waals surface area contributed by atoms with Crippen molar-refractivity contribution in [1.82, 2.24) is 0 Å². The SMILES string of the molecule is OCC[N+](CCO)=C1C=CC(=CC=C2C=C(c3ccc(Br)cc3)C=C(c3ccc(Br)cc3)O2)C=C1. The third-order valence-electron chi connectivity index (χ3n) is 5.56. The monoisotopic (exact) mass is 594 g/mol. The summed E-state index contributed by atoms with van der Waals surface area (Å²) in [5, 5.41) is 18.6. The Hall–Kier alpha value is -2.77. The van der Waals surface area contributed by atoms with Crippen LogP contribution < -0.4 is 0 Å². The van der Waals surface area contributed by atoms with Gasteiger partial charge in [0.15, 0.2) is 18.8 Å². The van der Waals surface area contributed by atoms with E-state index in [4.69, 9.17) is 4.74 Å². The van der Waals surface area contributed by atoms with E-state index in [0.29, 0.717) is 13.1 Å². The van der Waals surface area contributed by atoms with Crippen LogP contribution in [-0.2, 0) is 4.74 Å². The predicted octanol–water partition coefficient (Wildman–Crippen LogP) is 6.04. The van der Waals surface area contributed by atoms with Crippen LogP contribution in [0, 0.1) is 0 Å². The van der Waals surface area contributed by atoms with Gasteiger partial charge in [-0.1, -0.05) is 62.2 Å². The Balaban J connectivity index is 1.63. The summed E-state index contributed by atoms with van der Waals surface area (Å²) in [4.78, 5) is 0. The summed E-state index contributed by atoms with van der Waals surface area (Å²) in [5.41, 5.74) is 5.16. The van der Waals surface area contributed by atoms with Crippen LogP contribution in [0.2, 0.25) is 0 Å². The largest absolute Gasteiger partial charge is 0.457 e. The molecule has 0 fully saturated rings. The maximum atomic E-state index is 9.28. The zero-order valence-corrected chi connectivity index (χ0v) is 22.2. The van der Waals surface area contributed by atoms with Gasteiger partial charge in [0.1, 0.15) is 24.7 Å². The minimum atomic E-state index is 0.0402. The van der Waals surface area contributed by atoms with Crippen molar-refractivity contribution in [3.63, 3.8) is 0 Å². The maximum Gasteiger partial charge on any atom is 0.200 e. The van der Waals surface area contributed by atoms with Gasteiger partial charge in [-0.05, 0) is 71.4 Å². The first-order valence-electron chi connectivity index (χ1n) is 11.3. The van der Waals surface area contributed by atoms with Crippen LogP contribution >= 0.6 is 31.9 Å². The minimum Gasteiger partial charge on any atom is -0.457 e. The number of allylic oxidation sites excluding steroid dienone is 10. The second kappa shape index (κ2) is 12.3. The fraction of sp³-hybridized carbons (Fsp3) is 0.138. The molecular formula is C29H26Br2NO3+. The van der Waals surface area contributed by atoms with Crippen molar-refractivity contribution in [3.05, 3.63) is 129 Å². The normalized spacial score (nSPS) is 16.2. The number of rotatable bonds is 7. The highest BCUT2D eigenvalue weighted by atomic mass is 79.9. The molecule has 178 valence electrons. The number of ether oxygens (including phenoxy) is 1. The Labute approximate surface area is 222 Å². The van der Waals surface area contributed by atoms with Crippen LogP contribution in [0.1, 0.15) is 11.1 Å². The highest BCUT2D eigenvalue weighted by Gasteiger charge is 2.15. The highest BCUT2D eigenvalue weighted by molar-refractivity contribution is 9.10. The summed E-state index contributed by atoms with van der Waals surface area (Å²) in [6, 6.07) is 16.3. The minimum absolute atomic E-state index is 0.0402. The molecule has 2 N–H and O–H groups in total. The third-order valence-corrected chi connectivity index (χ3v) is 6.61. The molecule has 0 bridgehead atoms. The summed E-state index contributed by atoms with van der Waals surface area (Å²) in [6.45, 7) is 1.05. The fourth-order valence-electron chi connectivity index (χ4n) is 3.76. The van der Waals surface area contributed by atoms with Gasteiger partial charge in [-0.15, -0.1) is 0 Å². The molecule has 0 amide bonds. The van der Waals surface area contributed by atoms with E-state index >= 15 is 0 Å². The van der Waals surface area contributed by atoms with E-state index < -0.39 is 0 Å². The number of aliphatic hydroxyl groups is 2. The molecule has 0 atom stereocenters. The molecule has 2 aliphatic rings. The Morgan fingerprint density at radius 1 is 0.714 bits per heavy atom. The lowest BCUT2D eigenvalue weighted by Gasteiger charge is -2.18. The van der Waals surface area contributed by atoms with E-state index in [0.717, 1.165) is 48.4 Å². The first-order chi connectivity index (χ1) is 17.1. The number of hydrogen-bond acceptors (Lipinski definition) is 3. The van der Waals surface area contributed by atoms with Gasteiger partial charge in [0.25, 0.3) is 0 Å². The molecule has 0 saturated carbocycles. The first-order valence-corrected chi connectivity index (χ1v) is 12.9. The van der Waals surface area contributed by atoms with Gasteiger partial charge in [-0.3, -0.25) is 0 Å². The second-order valence-corrected chi connectivity index (χ2v) is 9.82. The molecule has 1 heterocycles. The summed E-state index contributed by atoms with van der Waals surface area (Å²) < 4.78 is 10.3. The standard InChI is InChI=1S/C29H26Br2NO3/c30-25-8-4-22(5-9-25)24-19-28(35-29(20-24)23-6-10-26(31)11-7-23)14-3-21-1-12-27(13-2-21)32(15-17-33)16-18-34/h1-14,19-20,33-34H,15-18H2/q+1. The van der Waals surface area contributed by atoms with E-state index in [1.54, 1.807) is 0 Å². The molecular weight excluding hydrogens is 570 g/mol. The molecule has 1 aliphatic carbocycles. The smallest absolute Gasteiger partial charge is 0.200 e. The summed E-state index contributed by atoms with van der Waals surface area (Å²) in [7, 11) is 0. The molecule has 0 spiro atoms. The number of nitrogens with zero attached hydrogens (tertiary/aromatic N) is 1. The highest BCUT2D eigenvalue weighted by Crippen LogP contribution is 2.32. The van der Waals surface area contributed by atoms with Gasteiger partial charge in [-0.25, -0.2) is 4.58 Å². The van der Waals surface area contributed by atoms with E-state index in [1.165, 1.54) is 0 Å². The molecule has 2 aromatic rings. The average molecular weight is 596 g/mol. The van der Waals surface area contributed by atoms with Gasteiger partial charge in [0.2, 0.25) is 0 Å². The van der Waals surface area contributed by atoms with Crippen molar-refractivity contribution in [2.45, 2.75) is 0 Å². The van der Waals surface area contributed by atoms with Gasteiger partial charge >= 0.3 is 0 Å². The van der Waals surface area contributed by atoms with E-state index in [-0.39, 0.29) is 13.2 Å². The third kappa shape index (κ3) is 6.89. The van der Waals surface area contributed by atoms with Gasteiger partial charge in [-0.2, -0.15) is 0 Å². The molecule has 2 aromatic carbocycles. The quantitative estimate of drug-likeness (QED) is 0.384. The Kier molecular flexibility index (Phi) is 8.88. The van der Waals surface area contributed by atoms with Gasteiger partial charge < -0.3 is 14.9 Å². The van der Waals surface area contributed by atoms with Gasteiger partial charge in [0, 0.05) is 26.7 Å². The van der Waals surface area contributed by atoms with Crippen LogP contribution in [0.5, 0.6) is 0 Å². The van der Waals surface area contributed by atoms with Crippen molar-refractivity contribution < 1.29 is 19.5 Å². The number of aliphatic hydroxyl groups excluding tert-OH is 2. The summed E-state index contributed by atoms with van der Waals surface area (Å²) in [6.07, 6.45) is 16.1. The molecule has 0 unspecified atom stereocenters. The van der Waals surface area contributed by atoms with Crippen molar-refractivity contribution in [2.24, 2.45) is 0 Å². The second-order valence-electron chi connectivity index (χ2n) is 7.99. The van der Waals surface area contributed by atoms with Crippen LogP contribution in [0.15, 0.2) is 117 Å². The van der Waals surface area contributed by atoms with Crippen molar-refractivity contribution in [2.75, 3.05) is 26.3 Å². The zero-order chi connectivity index (χ0) is 24.6. The fourth-order valence-corrected chi connectivity index (χ4v) is 4.28. The van der Waals surface area contributed by atoms with E-state index in [2.05, 4.69) is 50.1 Å². The van der Waals surface area contributed by atoms with Crippen molar-refractivity contribution in [3.8, 4) is 0 Å². The Morgan fingerprint density at radius 3 is 1.86 bits per heavy atom. The first kappa shape index (κ1) is 25.3. The molecule has 1 aliphatic heterocycles. The molecule has 0 radical (unpaired) electrons. The molecule has 35 heavy (non-hydrogen) atoms. The molecule has 4 rings (SSSR count). The van der Waals surface area contributed by atoms with Crippen LogP contribution in [0.25, 0.3) is 11.3 Å². The van der Waals surface area contributed by atoms with Crippen molar-refractivity contribution in [1.29, 1.82) is 0 Å². The summed E-state index contributed by atoms with van der Waals surface area (Å²) >= 11 is 7.01. The predicted molar refractivity (Wildman–Crippen MR) is 149 cm³/mol. The molecule has 6 heteroatoms. The number of halogens is 2. The molecule has 0 saturated heterocycles. The summed E-state index contributed by atoms with van der Waals surface area (Å²) in [5.74, 6) is 1.53. The topological polar surface area (TPSA) is 52.7 Å². The van der Waals surface area contributed by atoms with Crippen LogP contribution in [0.4, 0.5) is 0 Å². The van der Waals surface area contributed by atoms with Crippen molar-refractivity contribution >= 4 is 48.9 Å². The molecule has 0 aromatic heterocycles. The lowest BCUT2D eigenvalue weighted by atomic mass is 10.0. The lowest BCUT2D eigenvalue weighted by Crippen LogP contribution is -2.26. The van der Waals surface area contributed by atoms with Crippen LogP contribution in [-0.4, -0.2) is 46.8 Å². The van der Waals surface area contributed by atoms with Gasteiger partial charge in [0.05, 0.1) is 0 Å². The number of hydrogen-bond donors (Lipinski definition) is 2. The number of benzene rings is 2.